The highest BCUT2D eigenvalue weighted by molar-refractivity contribution is 7.89. The Morgan fingerprint density at radius 2 is 1.89 bits per heavy atom. The lowest BCUT2D eigenvalue weighted by molar-refractivity contribution is 0.102. The smallest absolute Gasteiger partial charge is 0.255 e. The molecule has 1 fully saturated rings. The zero-order valence-corrected chi connectivity index (χ0v) is 16.4. The summed E-state index contributed by atoms with van der Waals surface area (Å²) in [7, 11) is -3.53. The molecule has 28 heavy (non-hydrogen) atoms. The van der Waals surface area contributed by atoms with Crippen molar-refractivity contribution >= 4 is 33.8 Å². The van der Waals surface area contributed by atoms with E-state index in [9.17, 15) is 13.2 Å². The molecule has 1 amide bonds. The molecule has 1 aliphatic carbocycles. The Morgan fingerprint density at radius 1 is 1.14 bits per heavy atom. The maximum atomic E-state index is 12.5. The van der Waals surface area contributed by atoms with Gasteiger partial charge in [0.1, 0.15) is 0 Å². The summed E-state index contributed by atoms with van der Waals surface area (Å²) in [6, 6.07) is 13.2. The Hall–Kier alpha value is -2.75. The number of hydrogen-bond acceptors (Lipinski definition) is 4. The predicted octanol–water partition coefficient (Wildman–Crippen LogP) is 3.23. The second kappa shape index (κ2) is 7.34. The van der Waals surface area contributed by atoms with Crippen molar-refractivity contribution in [3.05, 3.63) is 71.3 Å². The van der Waals surface area contributed by atoms with Crippen molar-refractivity contribution in [3.63, 3.8) is 0 Å². The summed E-state index contributed by atoms with van der Waals surface area (Å²) in [6.45, 7) is 0. The van der Waals surface area contributed by atoms with Gasteiger partial charge in [-0.25, -0.2) is 13.1 Å². The number of carbonyl (C=O) groups is 1. The fraction of sp³-hybridized carbons (Fsp3) is 0.158. The molecule has 0 spiro atoms. The first kappa shape index (κ1) is 18.6. The van der Waals surface area contributed by atoms with Crippen molar-refractivity contribution in [2.24, 2.45) is 0 Å². The lowest BCUT2D eigenvalue weighted by Crippen LogP contribution is -2.25. The quantitative estimate of drug-likeness (QED) is 0.540. The SMILES string of the molecule is O=C(Nc1cccc(-n2cc[nH]c2=S)c1)c1ccc(S(=O)(=O)NC2CC2)cc1. The molecule has 7 nitrogen and oxygen atoms in total. The van der Waals surface area contributed by atoms with Gasteiger partial charge in [0.2, 0.25) is 10.0 Å². The number of nitrogens with zero attached hydrogens (tertiary/aromatic N) is 1. The van der Waals surface area contributed by atoms with Gasteiger partial charge in [0.15, 0.2) is 4.77 Å². The third-order valence-electron chi connectivity index (χ3n) is 4.36. The summed E-state index contributed by atoms with van der Waals surface area (Å²) in [4.78, 5) is 15.6. The molecule has 3 N–H and O–H groups in total. The van der Waals surface area contributed by atoms with E-state index >= 15 is 0 Å². The monoisotopic (exact) mass is 414 g/mol. The molecule has 0 aliphatic heterocycles. The van der Waals surface area contributed by atoms with Gasteiger partial charge >= 0.3 is 0 Å². The number of amides is 1. The summed E-state index contributed by atoms with van der Waals surface area (Å²) < 4.78 is 29.4. The van der Waals surface area contributed by atoms with E-state index in [2.05, 4.69) is 15.0 Å². The van der Waals surface area contributed by atoms with Gasteiger partial charge in [-0.2, -0.15) is 0 Å². The number of carbonyl (C=O) groups excluding carboxylic acids is 1. The Balaban J connectivity index is 1.49. The summed E-state index contributed by atoms with van der Waals surface area (Å²) in [6.07, 6.45) is 5.28. The summed E-state index contributed by atoms with van der Waals surface area (Å²) >= 11 is 5.21. The van der Waals surface area contributed by atoms with Crippen molar-refractivity contribution in [2.75, 3.05) is 5.32 Å². The van der Waals surface area contributed by atoms with Crippen LogP contribution in [-0.2, 0) is 10.0 Å². The third kappa shape index (κ3) is 4.06. The molecule has 0 bridgehead atoms. The van der Waals surface area contributed by atoms with Crippen LogP contribution in [0.5, 0.6) is 0 Å². The van der Waals surface area contributed by atoms with E-state index in [4.69, 9.17) is 12.2 Å². The van der Waals surface area contributed by atoms with Gasteiger partial charge in [-0.3, -0.25) is 9.36 Å². The highest BCUT2D eigenvalue weighted by Gasteiger charge is 2.27. The molecule has 4 rings (SSSR count). The van der Waals surface area contributed by atoms with Gasteiger partial charge in [-0.05, 0) is 67.5 Å². The van der Waals surface area contributed by atoms with Crippen LogP contribution in [0.1, 0.15) is 23.2 Å². The largest absolute Gasteiger partial charge is 0.337 e. The number of benzene rings is 2. The van der Waals surface area contributed by atoms with Crippen molar-refractivity contribution < 1.29 is 13.2 Å². The van der Waals surface area contributed by atoms with Gasteiger partial charge in [0.25, 0.3) is 5.91 Å². The fourth-order valence-corrected chi connectivity index (χ4v) is 4.27. The minimum atomic E-state index is -3.53. The van der Waals surface area contributed by atoms with Crippen molar-refractivity contribution in [2.45, 2.75) is 23.8 Å². The van der Waals surface area contributed by atoms with Crippen molar-refractivity contribution in [1.29, 1.82) is 0 Å². The fourth-order valence-electron chi connectivity index (χ4n) is 2.73. The number of aromatic nitrogens is 2. The van der Waals surface area contributed by atoms with Crippen LogP contribution < -0.4 is 10.0 Å². The Morgan fingerprint density at radius 3 is 2.54 bits per heavy atom. The number of aromatic amines is 1. The van der Waals surface area contributed by atoms with E-state index in [1.54, 1.807) is 29.1 Å². The molecule has 0 radical (unpaired) electrons. The van der Waals surface area contributed by atoms with E-state index in [1.807, 2.05) is 12.1 Å². The number of rotatable bonds is 6. The molecule has 144 valence electrons. The molecule has 1 saturated carbocycles. The number of sulfonamides is 1. The second-order valence-electron chi connectivity index (χ2n) is 6.56. The van der Waals surface area contributed by atoms with E-state index in [0.29, 0.717) is 16.0 Å². The lowest BCUT2D eigenvalue weighted by atomic mass is 10.2. The number of hydrogen-bond donors (Lipinski definition) is 3. The Labute approximate surface area is 167 Å². The molecule has 1 aliphatic rings. The van der Waals surface area contributed by atoms with Crippen LogP contribution in [-0.4, -0.2) is 29.9 Å². The van der Waals surface area contributed by atoms with E-state index in [0.717, 1.165) is 18.5 Å². The van der Waals surface area contributed by atoms with E-state index < -0.39 is 10.0 Å². The molecule has 0 unspecified atom stereocenters. The van der Waals surface area contributed by atoms with Gasteiger partial charge < -0.3 is 10.3 Å². The third-order valence-corrected chi connectivity index (χ3v) is 6.21. The zero-order chi connectivity index (χ0) is 19.7. The van der Waals surface area contributed by atoms with Gasteiger partial charge in [-0.15, -0.1) is 0 Å². The molecule has 0 atom stereocenters. The predicted molar refractivity (Wildman–Crippen MR) is 109 cm³/mol. The number of nitrogens with one attached hydrogen (secondary N) is 3. The topological polar surface area (TPSA) is 96.0 Å². The van der Waals surface area contributed by atoms with Gasteiger partial charge in [0.05, 0.1) is 4.90 Å². The highest BCUT2D eigenvalue weighted by atomic mass is 32.2. The minimum Gasteiger partial charge on any atom is -0.337 e. The summed E-state index contributed by atoms with van der Waals surface area (Å²) in [5.74, 6) is -0.325. The number of imidazole rings is 1. The summed E-state index contributed by atoms with van der Waals surface area (Å²) in [5.41, 5.74) is 1.79. The molecule has 1 heterocycles. The lowest BCUT2D eigenvalue weighted by Gasteiger charge is -2.09. The maximum Gasteiger partial charge on any atom is 0.255 e. The molecule has 2 aromatic carbocycles. The molecular formula is C19H18N4O3S2. The van der Waals surface area contributed by atoms with Crippen LogP contribution in [0.3, 0.4) is 0 Å². The highest BCUT2D eigenvalue weighted by Crippen LogP contribution is 2.22. The van der Waals surface area contributed by atoms with Gasteiger partial charge in [0, 0.05) is 35.4 Å². The van der Waals surface area contributed by atoms with Gasteiger partial charge in [-0.1, -0.05) is 6.07 Å². The molecule has 3 aromatic rings. The molecule has 0 saturated heterocycles. The van der Waals surface area contributed by atoms with Crippen LogP contribution in [0.25, 0.3) is 5.69 Å². The normalized spacial score (nSPS) is 14.0. The van der Waals surface area contributed by atoms with Crippen LogP contribution in [0.15, 0.2) is 65.8 Å². The molecule has 1 aromatic heterocycles. The Kier molecular flexibility index (Phi) is 4.88. The van der Waals surface area contributed by atoms with Crippen LogP contribution in [0.4, 0.5) is 5.69 Å². The van der Waals surface area contributed by atoms with Crippen LogP contribution in [0, 0.1) is 4.77 Å². The first-order valence-corrected chi connectivity index (χ1v) is 10.6. The standard InChI is InChI=1S/C19H18N4O3S2/c24-18(13-4-8-17(9-5-13)28(25,26)22-14-6-7-14)21-15-2-1-3-16(12-15)23-11-10-20-19(23)27/h1-5,8-12,14,22H,6-7H2,(H,20,27)(H,21,24). The molecular weight excluding hydrogens is 396 g/mol. The van der Waals surface area contributed by atoms with Crippen molar-refractivity contribution in [1.82, 2.24) is 14.3 Å². The zero-order valence-electron chi connectivity index (χ0n) is 14.8. The average molecular weight is 415 g/mol. The van der Waals surface area contributed by atoms with Crippen LogP contribution >= 0.6 is 12.2 Å². The average Bonchev–Trinajstić information content (AvgIpc) is 3.38. The second-order valence-corrected chi connectivity index (χ2v) is 8.66. The minimum absolute atomic E-state index is 0.0359. The van der Waals surface area contributed by atoms with E-state index in [-0.39, 0.29) is 16.8 Å². The number of anilines is 1. The summed E-state index contributed by atoms with van der Waals surface area (Å²) in [5, 5.41) is 2.82. The maximum absolute atomic E-state index is 12.5. The first-order valence-electron chi connectivity index (χ1n) is 8.73. The van der Waals surface area contributed by atoms with Crippen molar-refractivity contribution in [3.8, 4) is 5.69 Å². The number of H-pyrrole nitrogens is 1. The first-order chi connectivity index (χ1) is 13.4. The Bertz CT molecular complexity index is 1180. The van der Waals surface area contributed by atoms with Crippen LogP contribution in [0.2, 0.25) is 0 Å². The molecule has 9 heteroatoms. The van der Waals surface area contributed by atoms with E-state index in [1.165, 1.54) is 24.3 Å².